The number of nitrogens with zero attached hydrogens (tertiary/aromatic N) is 2. The van der Waals surface area contributed by atoms with E-state index in [0.717, 1.165) is 25.7 Å². The first-order chi connectivity index (χ1) is 13.8. The minimum absolute atomic E-state index is 0.224. The molecule has 0 aromatic carbocycles. The Morgan fingerprint density at radius 2 is 0.967 bits per heavy atom. The van der Waals surface area contributed by atoms with Crippen molar-refractivity contribution in [2.24, 2.45) is 11.7 Å². The second-order valence-corrected chi connectivity index (χ2v) is 9.82. The summed E-state index contributed by atoms with van der Waals surface area (Å²) in [5.74, 6) is 10.7. The molecule has 2 heterocycles. The second-order valence-electron chi connectivity index (χ2n) is 9.82. The van der Waals surface area contributed by atoms with Crippen LogP contribution in [-0.4, -0.2) is 71.5 Å². The van der Waals surface area contributed by atoms with Crippen LogP contribution in [0.4, 0.5) is 9.59 Å². The average molecular weight is 431 g/mol. The number of carbonyl (C=O) groups excluding carboxylic acids is 2. The predicted octanol–water partition coefficient (Wildman–Crippen LogP) is 1.70. The predicted molar refractivity (Wildman–Crippen MR) is 116 cm³/mol. The third-order valence-corrected chi connectivity index (χ3v) is 4.76. The molecule has 10 nitrogen and oxygen atoms in total. The molecule has 0 radical (unpaired) electrons. The maximum atomic E-state index is 11.7. The van der Waals surface area contributed by atoms with E-state index in [-0.39, 0.29) is 12.2 Å². The van der Waals surface area contributed by atoms with Gasteiger partial charge in [-0.2, -0.15) is 0 Å². The van der Waals surface area contributed by atoms with Gasteiger partial charge >= 0.3 is 12.2 Å². The van der Waals surface area contributed by atoms with Crippen LogP contribution in [0.15, 0.2) is 0 Å². The molecule has 2 fully saturated rings. The van der Waals surface area contributed by atoms with E-state index in [0.29, 0.717) is 38.3 Å². The van der Waals surface area contributed by atoms with E-state index < -0.39 is 11.2 Å². The van der Waals surface area contributed by atoms with Crippen molar-refractivity contribution in [1.29, 1.82) is 0 Å². The van der Waals surface area contributed by atoms with Gasteiger partial charge in [-0.1, -0.05) is 0 Å². The zero-order valence-electron chi connectivity index (χ0n) is 19.5. The van der Waals surface area contributed by atoms with Crippen LogP contribution in [0.1, 0.15) is 67.2 Å². The standard InChI is InChI=1S/2C10H21N3O2/c2*1-10(2,3)15-9(14)13-6-4-8(12-11)5-7-13/h2*8,12H,4-7,11H2,1-3H3. The summed E-state index contributed by atoms with van der Waals surface area (Å²) in [6.07, 6.45) is 3.09. The number of hydrogen-bond acceptors (Lipinski definition) is 8. The third-order valence-electron chi connectivity index (χ3n) is 4.76. The highest BCUT2D eigenvalue weighted by atomic mass is 16.6. The van der Waals surface area contributed by atoms with Crippen LogP contribution in [0.3, 0.4) is 0 Å². The highest BCUT2D eigenvalue weighted by Gasteiger charge is 2.27. The lowest BCUT2D eigenvalue weighted by Gasteiger charge is -2.33. The van der Waals surface area contributed by atoms with Crippen LogP contribution in [0, 0.1) is 0 Å². The molecule has 2 aliphatic heterocycles. The molecule has 0 unspecified atom stereocenters. The minimum atomic E-state index is -0.417. The van der Waals surface area contributed by atoms with Gasteiger partial charge in [0.15, 0.2) is 0 Å². The van der Waals surface area contributed by atoms with Crippen LogP contribution in [-0.2, 0) is 9.47 Å². The van der Waals surface area contributed by atoms with Crippen LogP contribution in [0.25, 0.3) is 0 Å². The number of amides is 2. The molecule has 0 aromatic heterocycles. The number of likely N-dealkylation sites (tertiary alicyclic amines) is 2. The Bertz CT molecular complexity index is 482. The Hall–Kier alpha value is -1.62. The van der Waals surface area contributed by atoms with Crippen molar-refractivity contribution in [2.75, 3.05) is 26.2 Å². The van der Waals surface area contributed by atoms with Gasteiger partial charge in [0.25, 0.3) is 0 Å². The highest BCUT2D eigenvalue weighted by molar-refractivity contribution is 5.68. The zero-order chi connectivity index (χ0) is 22.9. The van der Waals surface area contributed by atoms with Crippen LogP contribution >= 0.6 is 0 Å². The lowest BCUT2D eigenvalue weighted by Crippen LogP contribution is -2.48. The Kier molecular flexibility index (Phi) is 10.3. The van der Waals surface area contributed by atoms with Crippen LogP contribution in [0.2, 0.25) is 0 Å². The topological polar surface area (TPSA) is 135 Å². The fraction of sp³-hybridized carbons (Fsp3) is 0.900. The van der Waals surface area contributed by atoms with E-state index in [1.807, 2.05) is 41.5 Å². The van der Waals surface area contributed by atoms with Crippen molar-refractivity contribution < 1.29 is 19.1 Å². The van der Waals surface area contributed by atoms with Gasteiger partial charge in [0, 0.05) is 38.3 Å². The molecule has 0 spiro atoms. The summed E-state index contributed by atoms with van der Waals surface area (Å²) in [6.45, 7) is 14.1. The molecule has 0 aliphatic carbocycles. The number of ether oxygens (including phenoxy) is 2. The molecule has 2 amide bonds. The molecule has 6 N–H and O–H groups in total. The molecular weight excluding hydrogens is 388 g/mol. The molecule has 0 saturated carbocycles. The van der Waals surface area contributed by atoms with Gasteiger partial charge in [-0.05, 0) is 67.2 Å². The van der Waals surface area contributed by atoms with Crippen molar-refractivity contribution in [3.05, 3.63) is 0 Å². The third kappa shape index (κ3) is 10.4. The lowest BCUT2D eigenvalue weighted by atomic mass is 10.1. The zero-order valence-corrected chi connectivity index (χ0v) is 19.5. The van der Waals surface area contributed by atoms with Gasteiger partial charge in [0.05, 0.1) is 0 Å². The molecular formula is C20H42N6O4. The van der Waals surface area contributed by atoms with E-state index in [1.54, 1.807) is 9.80 Å². The largest absolute Gasteiger partial charge is 0.444 e. The van der Waals surface area contributed by atoms with E-state index in [2.05, 4.69) is 10.9 Å². The summed E-state index contributed by atoms with van der Waals surface area (Å²) < 4.78 is 10.6. The second kappa shape index (κ2) is 11.7. The van der Waals surface area contributed by atoms with Crippen molar-refractivity contribution >= 4 is 12.2 Å². The van der Waals surface area contributed by atoms with Gasteiger partial charge < -0.3 is 19.3 Å². The lowest BCUT2D eigenvalue weighted by molar-refractivity contribution is 0.0188. The normalized spacial score (nSPS) is 19.1. The van der Waals surface area contributed by atoms with E-state index in [4.69, 9.17) is 21.2 Å². The number of hydrazine groups is 2. The first kappa shape index (κ1) is 26.4. The molecule has 2 rings (SSSR count). The van der Waals surface area contributed by atoms with E-state index >= 15 is 0 Å². The van der Waals surface area contributed by atoms with Gasteiger partial charge in [-0.25, -0.2) is 9.59 Å². The summed E-state index contributed by atoms with van der Waals surface area (Å²) in [5.41, 5.74) is 4.63. The van der Waals surface area contributed by atoms with Gasteiger partial charge in [-0.3, -0.25) is 22.5 Å². The fourth-order valence-corrected chi connectivity index (χ4v) is 3.11. The number of nitrogens with two attached hydrogens (primary N) is 2. The van der Waals surface area contributed by atoms with E-state index in [9.17, 15) is 9.59 Å². The average Bonchev–Trinajstić information content (AvgIpc) is 2.66. The maximum absolute atomic E-state index is 11.7. The van der Waals surface area contributed by atoms with Gasteiger partial charge in [0.2, 0.25) is 0 Å². The Balaban J connectivity index is 0.000000300. The summed E-state index contributed by atoms with van der Waals surface area (Å²) in [4.78, 5) is 26.8. The Morgan fingerprint density at radius 1 is 0.700 bits per heavy atom. The van der Waals surface area contributed by atoms with Crippen molar-refractivity contribution in [3.8, 4) is 0 Å². The molecule has 10 heteroatoms. The summed E-state index contributed by atoms with van der Waals surface area (Å²) in [7, 11) is 0. The SMILES string of the molecule is CC(C)(C)OC(=O)N1CCC(NN)CC1.CC(C)(C)OC(=O)N1CCC(NN)CC1. The van der Waals surface area contributed by atoms with E-state index in [1.165, 1.54) is 0 Å². The van der Waals surface area contributed by atoms with Crippen LogP contribution < -0.4 is 22.5 Å². The summed E-state index contributed by atoms with van der Waals surface area (Å²) in [5, 5.41) is 0. The molecule has 0 atom stereocenters. The summed E-state index contributed by atoms with van der Waals surface area (Å²) >= 11 is 0. The number of carbonyl (C=O) groups is 2. The molecule has 2 aliphatic rings. The number of rotatable bonds is 2. The number of piperidine rings is 2. The molecule has 30 heavy (non-hydrogen) atoms. The molecule has 176 valence electrons. The highest BCUT2D eigenvalue weighted by Crippen LogP contribution is 2.16. The Labute approximate surface area is 180 Å². The first-order valence-electron chi connectivity index (χ1n) is 10.7. The van der Waals surface area contributed by atoms with Crippen molar-refractivity contribution in [3.63, 3.8) is 0 Å². The molecule has 2 saturated heterocycles. The van der Waals surface area contributed by atoms with Gasteiger partial charge in [0.1, 0.15) is 11.2 Å². The first-order valence-corrected chi connectivity index (χ1v) is 10.7. The smallest absolute Gasteiger partial charge is 0.410 e. The van der Waals surface area contributed by atoms with Crippen molar-refractivity contribution in [2.45, 2.75) is 90.5 Å². The quantitative estimate of drug-likeness (QED) is 0.384. The number of hydrogen-bond donors (Lipinski definition) is 4. The summed E-state index contributed by atoms with van der Waals surface area (Å²) in [6, 6.07) is 0.646. The Morgan fingerprint density at radius 3 is 1.17 bits per heavy atom. The van der Waals surface area contributed by atoms with Crippen LogP contribution in [0.5, 0.6) is 0 Å². The fourth-order valence-electron chi connectivity index (χ4n) is 3.11. The number of nitrogens with one attached hydrogen (secondary N) is 2. The minimum Gasteiger partial charge on any atom is -0.444 e. The van der Waals surface area contributed by atoms with Gasteiger partial charge in [-0.15, -0.1) is 0 Å². The monoisotopic (exact) mass is 430 g/mol. The molecule has 0 aromatic rings. The van der Waals surface area contributed by atoms with Crippen molar-refractivity contribution in [1.82, 2.24) is 20.7 Å². The molecule has 0 bridgehead atoms. The maximum Gasteiger partial charge on any atom is 0.410 e.